The van der Waals surface area contributed by atoms with Gasteiger partial charge in [0, 0.05) is 22.3 Å². The number of hydrogen-bond acceptors (Lipinski definition) is 3. The van der Waals surface area contributed by atoms with Crippen molar-refractivity contribution >= 4 is 46.4 Å². The van der Waals surface area contributed by atoms with Crippen molar-refractivity contribution in [1.82, 2.24) is 4.98 Å². The van der Waals surface area contributed by atoms with E-state index < -0.39 is 0 Å². The smallest absolute Gasteiger partial charge is 0.159 e. The van der Waals surface area contributed by atoms with Gasteiger partial charge in [0.15, 0.2) is 11.6 Å². The molecule has 0 amide bonds. The van der Waals surface area contributed by atoms with Crippen molar-refractivity contribution in [3.05, 3.63) is 74.7 Å². The minimum atomic E-state index is -0.0269. The first-order valence-corrected chi connectivity index (χ1v) is 9.20. The molecule has 3 nitrogen and oxygen atoms in total. The maximum Gasteiger partial charge on any atom is 0.159 e. The zero-order chi connectivity index (χ0) is 19.7. The van der Waals surface area contributed by atoms with Gasteiger partial charge in [-0.3, -0.25) is 9.59 Å². The number of pyridine rings is 1. The number of rotatable bonds is 4. The van der Waals surface area contributed by atoms with Crippen molar-refractivity contribution in [2.24, 2.45) is 0 Å². The monoisotopic (exact) mass is 417 g/mol. The molecule has 0 saturated carbocycles. The largest absolute Gasteiger partial charge is 0.295 e. The van der Waals surface area contributed by atoms with Crippen LogP contribution >= 0.6 is 34.8 Å². The topological polar surface area (TPSA) is 47.0 Å². The molecule has 136 valence electrons. The van der Waals surface area contributed by atoms with Crippen LogP contribution in [0, 0.1) is 0 Å². The van der Waals surface area contributed by atoms with Crippen molar-refractivity contribution < 1.29 is 9.59 Å². The Kier molecular flexibility index (Phi) is 5.66. The normalized spacial score (nSPS) is 10.7. The molecule has 1 heterocycles. The van der Waals surface area contributed by atoms with Crippen LogP contribution in [0.15, 0.2) is 48.5 Å². The number of nitrogens with zero attached hydrogens (tertiary/aromatic N) is 1. The molecule has 0 spiro atoms. The van der Waals surface area contributed by atoms with Gasteiger partial charge in [-0.2, -0.15) is 0 Å². The summed E-state index contributed by atoms with van der Waals surface area (Å²) in [4.78, 5) is 27.5. The fraction of sp³-hybridized carbons (Fsp3) is 0.0952. The average molecular weight is 419 g/mol. The van der Waals surface area contributed by atoms with Crippen LogP contribution in [0.4, 0.5) is 0 Å². The highest BCUT2D eigenvalue weighted by Crippen LogP contribution is 2.41. The summed E-state index contributed by atoms with van der Waals surface area (Å²) in [5.74, 6) is -0.0537. The molecule has 0 aliphatic rings. The maximum atomic E-state index is 11.5. The van der Waals surface area contributed by atoms with Gasteiger partial charge in [-0.25, -0.2) is 4.98 Å². The van der Waals surface area contributed by atoms with Crippen molar-refractivity contribution in [1.29, 1.82) is 0 Å². The Morgan fingerprint density at radius 1 is 0.630 bits per heavy atom. The van der Waals surface area contributed by atoms with Crippen molar-refractivity contribution in [2.45, 2.75) is 13.8 Å². The van der Waals surface area contributed by atoms with Gasteiger partial charge in [-0.1, -0.05) is 83.3 Å². The van der Waals surface area contributed by atoms with E-state index >= 15 is 0 Å². The molecule has 0 atom stereocenters. The maximum absolute atomic E-state index is 11.5. The standard InChI is InChI=1S/C21H14Cl3NO2/c1-11(26)13-3-7-15(8-4-13)20-18(23)17(22)19(24)21(25-20)16-9-5-14(6-10-16)12(2)27/h3-10H,1-2H3. The molecule has 3 rings (SSSR count). The summed E-state index contributed by atoms with van der Waals surface area (Å²) in [5.41, 5.74) is 3.54. The minimum absolute atomic E-state index is 0.0269. The summed E-state index contributed by atoms with van der Waals surface area (Å²) in [7, 11) is 0. The summed E-state index contributed by atoms with van der Waals surface area (Å²) in [6.07, 6.45) is 0. The van der Waals surface area contributed by atoms with Crippen LogP contribution in [0.2, 0.25) is 15.1 Å². The zero-order valence-corrected chi connectivity index (χ0v) is 16.8. The third-order valence-electron chi connectivity index (χ3n) is 4.15. The molecule has 1 aromatic heterocycles. The summed E-state index contributed by atoms with van der Waals surface area (Å²) >= 11 is 19.1. The highest BCUT2D eigenvalue weighted by Gasteiger charge is 2.19. The van der Waals surface area contributed by atoms with Gasteiger partial charge in [-0.15, -0.1) is 0 Å². The quantitative estimate of drug-likeness (QED) is 0.439. The molecular weight excluding hydrogens is 405 g/mol. The number of benzene rings is 2. The number of carbonyl (C=O) groups excluding carboxylic acids is 2. The summed E-state index contributed by atoms with van der Waals surface area (Å²) in [6.45, 7) is 3.00. The van der Waals surface area contributed by atoms with Gasteiger partial charge in [0.25, 0.3) is 0 Å². The first-order valence-electron chi connectivity index (χ1n) is 8.07. The Balaban J connectivity index is 2.14. The van der Waals surface area contributed by atoms with Gasteiger partial charge in [0.2, 0.25) is 0 Å². The number of ketones is 2. The molecule has 6 heteroatoms. The van der Waals surface area contributed by atoms with E-state index in [-0.39, 0.29) is 26.6 Å². The van der Waals surface area contributed by atoms with Crippen LogP contribution in [0.1, 0.15) is 34.6 Å². The lowest BCUT2D eigenvalue weighted by Gasteiger charge is -2.12. The van der Waals surface area contributed by atoms with Gasteiger partial charge >= 0.3 is 0 Å². The highest BCUT2D eigenvalue weighted by molar-refractivity contribution is 6.50. The Morgan fingerprint density at radius 2 is 0.963 bits per heavy atom. The minimum Gasteiger partial charge on any atom is -0.295 e. The Bertz CT molecular complexity index is 961. The van der Waals surface area contributed by atoms with E-state index in [1.165, 1.54) is 13.8 Å². The molecule has 0 aliphatic carbocycles. The van der Waals surface area contributed by atoms with Gasteiger partial charge < -0.3 is 0 Å². The van der Waals surface area contributed by atoms with Crippen LogP contribution in [0.3, 0.4) is 0 Å². The molecule has 3 aromatic rings. The van der Waals surface area contributed by atoms with Crippen LogP contribution in [-0.2, 0) is 0 Å². The predicted molar refractivity (Wildman–Crippen MR) is 110 cm³/mol. The summed E-state index contributed by atoms with van der Waals surface area (Å²) in [6, 6.07) is 13.9. The SMILES string of the molecule is CC(=O)c1ccc(-c2nc(-c3ccc(C(C)=O)cc3)c(Cl)c(Cl)c2Cl)cc1. The molecule has 0 radical (unpaired) electrons. The lowest BCUT2D eigenvalue weighted by atomic mass is 10.0. The fourth-order valence-corrected chi connectivity index (χ4v) is 3.34. The van der Waals surface area contributed by atoms with Crippen molar-refractivity contribution in [2.75, 3.05) is 0 Å². The molecule has 0 bridgehead atoms. The second-order valence-corrected chi connectivity index (χ2v) is 7.15. The molecular formula is C21H14Cl3NO2. The number of halogens is 3. The Morgan fingerprint density at radius 3 is 1.26 bits per heavy atom. The van der Waals surface area contributed by atoms with Crippen molar-refractivity contribution in [3.63, 3.8) is 0 Å². The third-order valence-corrected chi connectivity index (χ3v) is 5.46. The highest BCUT2D eigenvalue weighted by atomic mass is 35.5. The lowest BCUT2D eigenvalue weighted by Crippen LogP contribution is -1.96. The van der Waals surface area contributed by atoms with E-state index in [2.05, 4.69) is 4.98 Å². The Labute approximate surface area is 171 Å². The van der Waals surface area contributed by atoms with E-state index in [9.17, 15) is 9.59 Å². The fourth-order valence-electron chi connectivity index (χ4n) is 2.62. The van der Waals surface area contributed by atoms with E-state index in [0.29, 0.717) is 33.6 Å². The number of aromatic nitrogens is 1. The zero-order valence-electron chi connectivity index (χ0n) is 14.5. The first-order chi connectivity index (χ1) is 12.8. The van der Waals surface area contributed by atoms with Gasteiger partial charge in [-0.05, 0) is 13.8 Å². The van der Waals surface area contributed by atoms with Crippen LogP contribution in [-0.4, -0.2) is 16.6 Å². The molecule has 0 aliphatic heterocycles. The van der Waals surface area contributed by atoms with E-state index in [0.717, 1.165) is 0 Å². The molecule has 27 heavy (non-hydrogen) atoms. The van der Waals surface area contributed by atoms with E-state index in [1.54, 1.807) is 48.5 Å². The predicted octanol–water partition coefficient (Wildman–Crippen LogP) is 6.78. The summed E-state index contributed by atoms with van der Waals surface area (Å²) < 4.78 is 0. The van der Waals surface area contributed by atoms with Crippen LogP contribution in [0.25, 0.3) is 22.5 Å². The second-order valence-electron chi connectivity index (χ2n) is 6.02. The van der Waals surface area contributed by atoms with Gasteiger partial charge in [0.05, 0.1) is 26.5 Å². The molecule has 2 aromatic carbocycles. The van der Waals surface area contributed by atoms with Gasteiger partial charge in [0.1, 0.15) is 0 Å². The molecule has 0 N–H and O–H groups in total. The van der Waals surface area contributed by atoms with Crippen molar-refractivity contribution in [3.8, 4) is 22.5 Å². The molecule has 0 saturated heterocycles. The number of carbonyl (C=O) groups is 2. The summed E-state index contributed by atoms with van der Waals surface area (Å²) in [5, 5.41) is 0.673. The Hall–Kier alpha value is -2.20. The van der Waals surface area contributed by atoms with Crippen LogP contribution in [0.5, 0.6) is 0 Å². The lowest BCUT2D eigenvalue weighted by molar-refractivity contribution is 0.100. The molecule has 0 fully saturated rings. The second kappa shape index (κ2) is 7.81. The van der Waals surface area contributed by atoms with E-state index in [1.807, 2.05) is 0 Å². The van der Waals surface area contributed by atoms with E-state index in [4.69, 9.17) is 34.8 Å². The number of hydrogen-bond donors (Lipinski definition) is 0. The average Bonchev–Trinajstić information content (AvgIpc) is 2.66. The molecule has 0 unspecified atom stereocenters. The first kappa shape index (κ1) is 19.6. The van der Waals surface area contributed by atoms with Crippen LogP contribution < -0.4 is 0 Å². The number of Topliss-reactive ketones (excluding diaryl/α,β-unsaturated/α-hetero) is 2. The third kappa shape index (κ3) is 3.91.